The van der Waals surface area contributed by atoms with Crippen LogP contribution in [0, 0.1) is 0 Å². The Balaban J connectivity index is 0.00000288. The molecule has 2 rings (SSSR count). The maximum atomic E-state index is 11.0. The average molecular weight is 444 g/mol. The first-order chi connectivity index (χ1) is 11.2. The fraction of sp³-hybridized carbons (Fsp3) is 0.250. The largest absolute Gasteiger partial charge is 0.492 e. The van der Waals surface area contributed by atoms with Crippen LogP contribution >= 0.6 is 24.0 Å². The third-order valence-corrected chi connectivity index (χ3v) is 2.96. The Morgan fingerprint density at radius 1 is 1.21 bits per heavy atom. The van der Waals surface area contributed by atoms with Gasteiger partial charge < -0.3 is 25.5 Å². The van der Waals surface area contributed by atoms with Gasteiger partial charge >= 0.3 is 0 Å². The summed E-state index contributed by atoms with van der Waals surface area (Å²) in [5.74, 6) is 1.59. The second-order valence-corrected chi connectivity index (χ2v) is 4.64. The summed E-state index contributed by atoms with van der Waals surface area (Å²) in [5, 5.41) is 6.19. The normalized spacial score (nSPS) is 10.6. The van der Waals surface area contributed by atoms with Crippen molar-refractivity contribution < 1.29 is 13.9 Å². The number of primary amides is 1. The predicted octanol–water partition coefficient (Wildman–Crippen LogP) is 1.74. The van der Waals surface area contributed by atoms with Gasteiger partial charge in [0.15, 0.2) is 11.7 Å². The number of nitrogens with two attached hydrogens (primary N) is 1. The van der Waals surface area contributed by atoms with Crippen molar-refractivity contribution in [1.82, 2.24) is 10.6 Å². The Kier molecular flexibility index (Phi) is 8.69. The van der Waals surface area contributed by atoms with Crippen molar-refractivity contribution in [3.63, 3.8) is 0 Å². The molecule has 0 aliphatic rings. The SMILES string of the molecule is CN=C(NCCOc1ccccc1)NCc1ccc(C(N)=O)o1.I. The lowest BCUT2D eigenvalue weighted by Crippen LogP contribution is -2.38. The van der Waals surface area contributed by atoms with E-state index in [1.54, 1.807) is 19.2 Å². The van der Waals surface area contributed by atoms with Crippen molar-refractivity contribution in [2.45, 2.75) is 6.54 Å². The van der Waals surface area contributed by atoms with E-state index in [-0.39, 0.29) is 29.7 Å². The van der Waals surface area contributed by atoms with Crippen LogP contribution in [0.5, 0.6) is 5.75 Å². The van der Waals surface area contributed by atoms with E-state index >= 15 is 0 Å². The van der Waals surface area contributed by atoms with Crippen LogP contribution in [-0.4, -0.2) is 32.1 Å². The molecule has 0 aliphatic heterocycles. The molecule has 7 nitrogen and oxygen atoms in total. The van der Waals surface area contributed by atoms with E-state index in [1.807, 2.05) is 30.3 Å². The maximum absolute atomic E-state index is 11.0. The highest BCUT2D eigenvalue weighted by Crippen LogP contribution is 2.07. The number of guanidine groups is 1. The molecule has 0 atom stereocenters. The lowest BCUT2D eigenvalue weighted by molar-refractivity contribution is 0.0972. The van der Waals surface area contributed by atoms with Gasteiger partial charge in [0.1, 0.15) is 18.1 Å². The quantitative estimate of drug-likeness (QED) is 0.262. The van der Waals surface area contributed by atoms with Gasteiger partial charge in [-0.2, -0.15) is 0 Å². The third-order valence-electron chi connectivity index (χ3n) is 2.96. The standard InChI is InChI=1S/C16H20N4O3.HI/c1-18-16(19-9-10-22-12-5-3-2-4-6-12)20-11-13-7-8-14(23-13)15(17)21;/h2-8H,9-11H2,1H3,(H2,17,21)(H2,18,19,20);1H. The molecule has 0 spiro atoms. The van der Waals surface area contributed by atoms with Gasteiger partial charge in [0.25, 0.3) is 5.91 Å². The van der Waals surface area contributed by atoms with Crippen molar-refractivity contribution in [2.75, 3.05) is 20.2 Å². The van der Waals surface area contributed by atoms with E-state index in [0.29, 0.717) is 31.4 Å². The van der Waals surface area contributed by atoms with Gasteiger partial charge in [-0.05, 0) is 24.3 Å². The number of para-hydroxylation sites is 1. The number of benzene rings is 1. The van der Waals surface area contributed by atoms with Crippen LogP contribution in [0.1, 0.15) is 16.3 Å². The average Bonchev–Trinajstić information content (AvgIpc) is 3.04. The van der Waals surface area contributed by atoms with Crippen LogP contribution in [-0.2, 0) is 6.54 Å². The molecule has 0 fully saturated rings. The number of ether oxygens (including phenoxy) is 1. The van der Waals surface area contributed by atoms with Gasteiger partial charge in [-0.1, -0.05) is 18.2 Å². The highest BCUT2D eigenvalue weighted by Gasteiger charge is 2.07. The van der Waals surface area contributed by atoms with E-state index in [2.05, 4.69) is 15.6 Å². The molecule has 0 aliphatic carbocycles. The van der Waals surface area contributed by atoms with Crippen LogP contribution in [0.4, 0.5) is 0 Å². The second-order valence-electron chi connectivity index (χ2n) is 4.64. The molecular formula is C16H21IN4O3. The number of hydrogen-bond acceptors (Lipinski definition) is 4. The van der Waals surface area contributed by atoms with Crippen LogP contribution < -0.4 is 21.1 Å². The van der Waals surface area contributed by atoms with Gasteiger partial charge in [0, 0.05) is 7.05 Å². The molecule has 0 bridgehead atoms. The zero-order valence-electron chi connectivity index (χ0n) is 13.3. The molecule has 8 heteroatoms. The number of carbonyl (C=O) groups excluding carboxylic acids is 1. The van der Waals surface area contributed by atoms with Crippen LogP contribution in [0.2, 0.25) is 0 Å². The van der Waals surface area contributed by atoms with Crippen molar-refractivity contribution in [3.05, 3.63) is 54.0 Å². The molecule has 0 radical (unpaired) electrons. The maximum Gasteiger partial charge on any atom is 0.284 e. The minimum atomic E-state index is -0.586. The van der Waals surface area contributed by atoms with Crippen molar-refractivity contribution in [2.24, 2.45) is 10.7 Å². The molecule has 1 aromatic heterocycles. The summed E-state index contributed by atoms with van der Waals surface area (Å²) in [7, 11) is 1.67. The molecule has 1 aromatic carbocycles. The zero-order chi connectivity index (χ0) is 16.5. The van der Waals surface area contributed by atoms with Gasteiger partial charge in [0.05, 0.1) is 13.1 Å². The van der Waals surface area contributed by atoms with Gasteiger partial charge in [0.2, 0.25) is 0 Å². The fourth-order valence-corrected chi connectivity index (χ4v) is 1.85. The zero-order valence-corrected chi connectivity index (χ0v) is 15.7. The summed E-state index contributed by atoms with van der Waals surface area (Å²) in [5.41, 5.74) is 5.14. The molecule has 0 saturated heterocycles. The Hall–Kier alpha value is -2.23. The summed E-state index contributed by atoms with van der Waals surface area (Å²) < 4.78 is 10.9. The van der Waals surface area contributed by atoms with E-state index < -0.39 is 5.91 Å². The fourth-order valence-electron chi connectivity index (χ4n) is 1.85. The molecule has 0 saturated carbocycles. The van der Waals surface area contributed by atoms with Crippen LogP contribution in [0.15, 0.2) is 51.9 Å². The Bertz CT molecular complexity index is 658. The number of hydrogen-bond donors (Lipinski definition) is 3. The Morgan fingerprint density at radius 2 is 1.96 bits per heavy atom. The summed E-state index contributed by atoms with van der Waals surface area (Å²) in [6, 6.07) is 12.8. The van der Waals surface area contributed by atoms with Crippen molar-refractivity contribution >= 4 is 35.8 Å². The van der Waals surface area contributed by atoms with Crippen molar-refractivity contribution in [3.8, 4) is 5.75 Å². The van der Waals surface area contributed by atoms with Crippen LogP contribution in [0.25, 0.3) is 0 Å². The highest BCUT2D eigenvalue weighted by molar-refractivity contribution is 14.0. The number of nitrogens with zero attached hydrogens (tertiary/aromatic N) is 1. The number of amides is 1. The van der Waals surface area contributed by atoms with Crippen molar-refractivity contribution in [1.29, 1.82) is 0 Å². The number of nitrogens with one attached hydrogen (secondary N) is 2. The lowest BCUT2D eigenvalue weighted by atomic mass is 10.3. The topological polar surface area (TPSA) is 102 Å². The van der Waals surface area contributed by atoms with Gasteiger partial charge in [-0.3, -0.25) is 9.79 Å². The molecule has 1 amide bonds. The molecular weight excluding hydrogens is 423 g/mol. The molecule has 4 N–H and O–H groups in total. The first kappa shape index (κ1) is 19.8. The third kappa shape index (κ3) is 6.49. The molecule has 24 heavy (non-hydrogen) atoms. The summed E-state index contributed by atoms with van der Waals surface area (Å²) >= 11 is 0. The second kappa shape index (κ2) is 10.5. The molecule has 0 unspecified atom stereocenters. The first-order valence-corrected chi connectivity index (χ1v) is 7.20. The molecule has 130 valence electrons. The number of furan rings is 1. The summed E-state index contributed by atoms with van der Waals surface area (Å²) in [6.07, 6.45) is 0. The van der Waals surface area contributed by atoms with E-state index in [1.165, 1.54) is 0 Å². The smallest absolute Gasteiger partial charge is 0.284 e. The summed E-state index contributed by atoms with van der Waals surface area (Å²) in [4.78, 5) is 15.1. The van der Waals surface area contributed by atoms with Gasteiger partial charge in [-0.25, -0.2) is 0 Å². The Labute approximate surface area is 157 Å². The number of halogens is 1. The van der Waals surface area contributed by atoms with Crippen LogP contribution in [0.3, 0.4) is 0 Å². The number of aliphatic imine (C=N–C) groups is 1. The monoisotopic (exact) mass is 444 g/mol. The first-order valence-electron chi connectivity index (χ1n) is 7.20. The molecule has 2 aromatic rings. The minimum Gasteiger partial charge on any atom is -0.492 e. The minimum absolute atomic E-state index is 0. The van der Waals surface area contributed by atoms with E-state index in [9.17, 15) is 4.79 Å². The Morgan fingerprint density at radius 3 is 2.58 bits per heavy atom. The van der Waals surface area contributed by atoms with Gasteiger partial charge in [-0.15, -0.1) is 24.0 Å². The predicted molar refractivity (Wildman–Crippen MR) is 103 cm³/mol. The van der Waals surface area contributed by atoms with E-state index in [4.69, 9.17) is 14.9 Å². The number of rotatable bonds is 7. The number of carbonyl (C=O) groups is 1. The summed E-state index contributed by atoms with van der Waals surface area (Å²) in [6.45, 7) is 1.50. The molecule has 1 heterocycles. The van der Waals surface area contributed by atoms with E-state index in [0.717, 1.165) is 5.75 Å². The highest BCUT2D eigenvalue weighted by atomic mass is 127. The lowest BCUT2D eigenvalue weighted by Gasteiger charge is -2.11.